The predicted octanol–water partition coefficient (Wildman–Crippen LogP) is 4.35. The van der Waals surface area contributed by atoms with Crippen LogP contribution in [0.15, 0.2) is 87.8 Å². The van der Waals surface area contributed by atoms with Crippen molar-refractivity contribution < 1.29 is 28.9 Å². The van der Waals surface area contributed by atoms with Gasteiger partial charge in [-0.05, 0) is 66.6 Å². The maximum atomic E-state index is 13.8. The number of fused-ring (bicyclic) bond motifs is 1. The Balaban J connectivity index is 1.50. The number of methoxy groups -OCH3 is 2. The number of carbonyl (C=O) groups is 2. The zero-order valence-electron chi connectivity index (χ0n) is 22.8. The third-order valence-corrected chi connectivity index (χ3v) is 7.89. The molecule has 1 aliphatic rings. The highest BCUT2D eigenvalue weighted by Crippen LogP contribution is 2.37. The van der Waals surface area contributed by atoms with Gasteiger partial charge in [0.15, 0.2) is 4.80 Å². The fourth-order valence-corrected chi connectivity index (χ4v) is 5.91. The van der Waals surface area contributed by atoms with Gasteiger partial charge in [0.1, 0.15) is 24.1 Å². The number of halogens is 1. The van der Waals surface area contributed by atoms with Crippen molar-refractivity contribution in [3.8, 4) is 11.5 Å². The number of hydrogen-bond acceptors (Lipinski definition) is 8. The Hall–Kier alpha value is -4.67. The van der Waals surface area contributed by atoms with Crippen LogP contribution in [-0.4, -0.2) is 35.8 Å². The van der Waals surface area contributed by atoms with Gasteiger partial charge in [0, 0.05) is 10.6 Å². The quantitative estimate of drug-likeness (QED) is 0.297. The SMILES string of the molecule is COC(=O)C1=C(C)N=c2s/c(=C\c3ccc(OCc4cccc(C(=O)O)c4)cc3)c(=O)n2[C@H]1c1cc(Cl)ccc1OC. The first-order valence-corrected chi connectivity index (χ1v) is 13.9. The van der Waals surface area contributed by atoms with Crippen molar-refractivity contribution in [3.63, 3.8) is 0 Å². The van der Waals surface area contributed by atoms with Crippen molar-refractivity contribution in [2.24, 2.45) is 4.99 Å². The molecule has 9 nitrogen and oxygen atoms in total. The van der Waals surface area contributed by atoms with E-state index in [9.17, 15) is 19.5 Å². The Morgan fingerprint density at radius 1 is 1.10 bits per heavy atom. The fourth-order valence-electron chi connectivity index (χ4n) is 4.68. The smallest absolute Gasteiger partial charge is 0.338 e. The average molecular weight is 605 g/mol. The van der Waals surface area contributed by atoms with E-state index in [1.807, 2.05) is 12.1 Å². The Labute approximate surface area is 249 Å². The lowest BCUT2D eigenvalue weighted by molar-refractivity contribution is -0.136. The Bertz CT molecular complexity index is 1910. The lowest BCUT2D eigenvalue weighted by Gasteiger charge is -2.25. The molecule has 3 aromatic carbocycles. The monoisotopic (exact) mass is 604 g/mol. The third kappa shape index (κ3) is 5.72. The Morgan fingerprint density at radius 3 is 2.55 bits per heavy atom. The van der Waals surface area contributed by atoms with E-state index in [4.69, 9.17) is 25.8 Å². The first-order chi connectivity index (χ1) is 20.2. The predicted molar refractivity (Wildman–Crippen MR) is 158 cm³/mol. The third-order valence-electron chi connectivity index (χ3n) is 6.67. The van der Waals surface area contributed by atoms with E-state index in [-0.39, 0.29) is 23.3 Å². The summed E-state index contributed by atoms with van der Waals surface area (Å²) in [6, 6.07) is 17.9. The van der Waals surface area contributed by atoms with Gasteiger partial charge in [-0.3, -0.25) is 9.36 Å². The van der Waals surface area contributed by atoms with Crippen LogP contribution in [0.3, 0.4) is 0 Å². The van der Waals surface area contributed by atoms with Crippen molar-refractivity contribution in [2.45, 2.75) is 19.6 Å². The number of benzene rings is 3. The fraction of sp³-hybridized carbons (Fsp3) is 0.161. The van der Waals surface area contributed by atoms with E-state index < -0.39 is 18.0 Å². The summed E-state index contributed by atoms with van der Waals surface area (Å²) >= 11 is 7.53. The summed E-state index contributed by atoms with van der Waals surface area (Å²) in [5, 5.41) is 9.60. The minimum Gasteiger partial charge on any atom is -0.496 e. The largest absolute Gasteiger partial charge is 0.496 e. The summed E-state index contributed by atoms with van der Waals surface area (Å²) in [5.41, 5.74) is 2.51. The molecule has 42 heavy (non-hydrogen) atoms. The van der Waals surface area contributed by atoms with Crippen molar-refractivity contribution in [3.05, 3.63) is 125 Å². The number of thiazole rings is 1. The summed E-state index contributed by atoms with van der Waals surface area (Å²) < 4.78 is 18.3. The van der Waals surface area contributed by atoms with Gasteiger partial charge >= 0.3 is 11.9 Å². The lowest BCUT2D eigenvalue weighted by atomic mass is 9.95. The molecule has 1 aliphatic heterocycles. The molecule has 11 heteroatoms. The maximum Gasteiger partial charge on any atom is 0.338 e. The first-order valence-electron chi connectivity index (χ1n) is 12.7. The second-order valence-electron chi connectivity index (χ2n) is 9.32. The van der Waals surface area contributed by atoms with Crippen LogP contribution < -0.4 is 24.4 Å². The topological polar surface area (TPSA) is 116 Å². The highest BCUT2D eigenvalue weighted by atomic mass is 35.5. The van der Waals surface area contributed by atoms with Crippen LogP contribution in [0.4, 0.5) is 0 Å². The second kappa shape index (κ2) is 12.1. The van der Waals surface area contributed by atoms with Gasteiger partial charge in [-0.1, -0.05) is 47.2 Å². The van der Waals surface area contributed by atoms with Gasteiger partial charge in [-0.15, -0.1) is 0 Å². The maximum absolute atomic E-state index is 13.8. The van der Waals surface area contributed by atoms with E-state index >= 15 is 0 Å². The number of esters is 1. The highest BCUT2D eigenvalue weighted by molar-refractivity contribution is 7.07. The number of carbonyl (C=O) groups excluding carboxylic acids is 1. The zero-order chi connectivity index (χ0) is 30.0. The molecular weight excluding hydrogens is 580 g/mol. The molecule has 4 aromatic rings. The van der Waals surface area contributed by atoms with E-state index in [1.165, 1.54) is 36.2 Å². The molecule has 0 fully saturated rings. The molecule has 1 N–H and O–H groups in total. The van der Waals surface area contributed by atoms with Crippen molar-refractivity contribution in [2.75, 3.05) is 14.2 Å². The molecule has 0 saturated heterocycles. The van der Waals surface area contributed by atoms with Crippen LogP contribution >= 0.6 is 22.9 Å². The van der Waals surface area contributed by atoms with Crippen LogP contribution in [0.5, 0.6) is 11.5 Å². The summed E-state index contributed by atoms with van der Waals surface area (Å²) in [6.45, 7) is 1.90. The van der Waals surface area contributed by atoms with Crippen molar-refractivity contribution in [1.82, 2.24) is 4.57 Å². The summed E-state index contributed by atoms with van der Waals surface area (Å²) in [4.78, 5) is 42.9. The standard InChI is InChI=1S/C31H25ClN2O7S/c1-17-26(30(38)40-3)27(23-15-21(32)9-12-24(23)39-2)34-28(35)25(42-31(34)33-17)14-18-7-10-22(11-8-18)41-16-19-5-4-6-20(13-19)29(36)37/h4-15,27H,16H2,1-3H3,(H,36,37)/b25-14-/t27-/m0/s1. The number of ether oxygens (including phenoxy) is 3. The molecular formula is C31H25ClN2O7S. The molecule has 1 aromatic heterocycles. The zero-order valence-corrected chi connectivity index (χ0v) is 24.4. The summed E-state index contributed by atoms with van der Waals surface area (Å²) in [6.07, 6.45) is 1.74. The number of nitrogens with zero attached hydrogens (tertiary/aromatic N) is 2. The highest BCUT2D eigenvalue weighted by Gasteiger charge is 2.35. The number of aromatic carboxylic acids is 1. The first kappa shape index (κ1) is 28.8. The van der Waals surface area contributed by atoms with Crippen molar-refractivity contribution >= 4 is 41.0 Å². The minimum absolute atomic E-state index is 0.192. The van der Waals surface area contributed by atoms with E-state index in [1.54, 1.807) is 61.5 Å². The lowest BCUT2D eigenvalue weighted by Crippen LogP contribution is -2.40. The van der Waals surface area contributed by atoms with Crippen molar-refractivity contribution in [1.29, 1.82) is 0 Å². The minimum atomic E-state index is -0.999. The number of hydrogen-bond donors (Lipinski definition) is 1. The van der Waals surface area contributed by atoms with Crippen LogP contribution in [0.2, 0.25) is 5.02 Å². The summed E-state index contributed by atoms with van der Waals surface area (Å²) in [7, 11) is 2.78. The Kier molecular flexibility index (Phi) is 8.28. The second-order valence-corrected chi connectivity index (χ2v) is 10.8. The van der Waals surface area contributed by atoms with Crippen LogP contribution in [0.25, 0.3) is 6.08 Å². The summed E-state index contributed by atoms with van der Waals surface area (Å²) in [5.74, 6) is -0.565. The van der Waals surface area contributed by atoms with E-state index in [0.717, 1.165) is 11.1 Å². The van der Waals surface area contributed by atoms with Gasteiger partial charge in [0.05, 0.1) is 35.6 Å². The van der Waals surface area contributed by atoms with Gasteiger partial charge in [0.2, 0.25) is 0 Å². The molecule has 2 heterocycles. The van der Waals surface area contributed by atoms with Gasteiger partial charge in [-0.25, -0.2) is 14.6 Å². The average Bonchev–Trinajstić information content (AvgIpc) is 3.29. The van der Waals surface area contributed by atoms with Crippen LogP contribution in [0, 0.1) is 0 Å². The molecule has 5 rings (SSSR count). The molecule has 0 spiro atoms. The van der Waals surface area contributed by atoms with Crippen LogP contribution in [0.1, 0.15) is 40.0 Å². The number of carboxylic acids is 1. The molecule has 0 bridgehead atoms. The molecule has 0 unspecified atom stereocenters. The Morgan fingerprint density at radius 2 is 1.86 bits per heavy atom. The number of allylic oxidation sites excluding steroid dienone is 1. The van der Waals surface area contributed by atoms with Gasteiger partial charge in [0.25, 0.3) is 5.56 Å². The molecule has 0 radical (unpaired) electrons. The van der Waals surface area contributed by atoms with E-state index in [2.05, 4.69) is 4.99 Å². The number of carboxylic acid groups (broad SMARTS) is 1. The molecule has 0 saturated carbocycles. The van der Waals surface area contributed by atoms with Crippen LogP contribution in [-0.2, 0) is 16.1 Å². The van der Waals surface area contributed by atoms with Gasteiger partial charge < -0.3 is 19.3 Å². The normalized spacial score (nSPS) is 14.7. The molecule has 0 aliphatic carbocycles. The molecule has 214 valence electrons. The van der Waals surface area contributed by atoms with Gasteiger partial charge in [-0.2, -0.15) is 0 Å². The molecule has 0 amide bonds. The number of aromatic nitrogens is 1. The number of rotatable bonds is 8. The molecule has 1 atom stereocenters. The van der Waals surface area contributed by atoms with E-state index in [0.29, 0.717) is 37.1 Å².